The van der Waals surface area contributed by atoms with Crippen molar-refractivity contribution in [3.05, 3.63) is 74.4 Å². The summed E-state index contributed by atoms with van der Waals surface area (Å²) >= 11 is 3.47. The fourth-order valence-electron chi connectivity index (χ4n) is 4.22. The lowest BCUT2D eigenvalue weighted by molar-refractivity contribution is 0.537. The number of nitrogens with zero attached hydrogens (tertiary/aromatic N) is 4. The van der Waals surface area contributed by atoms with E-state index in [0.717, 1.165) is 34.0 Å². The van der Waals surface area contributed by atoms with Crippen molar-refractivity contribution < 1.29 is 0 Å². The van der Waals surface area contributed by atoms with Crippen LogP contribution in [0.4, 0.5) is 0 Å². The van der Waals surface area contributed by atoms with Crippen LogP contribution in [-0.4, -0.2) is 20.4 Å². The molecule has 0 fully saturated rings. The highest BCUT2D eigenvalue weighted by atomic mass is 79.9. The second-order valence-electron chi connectivity index (χ2n) is 8.45. The second-order valence-corrected chi connectivity index (χ2v) is 9.36. The summed E-state index contributed by atoms with van der Waals surface area (Å²) in [6.45, 7) is 10.7. The van der Waals surface area contributed by atoms with Crippen LogP contribution in [0, 0.1) is 6.92 Å². The number of halogens is 1. The Morgan fingerprint density at radius 1 is 1.09 bits per heavy atom. The van der Waals surface area contributed by atoms with Gasteiger partial charge in [-0.2, -0.15) is 9.78 Å². The quantitative estimate of drug-likeness (QED) is 0.278. The molecule has 2 heterocycles. The number of hydrogen-bond acceptors (Lipinski definition) is 3. The Morgan fingerprint density at radius 2 is 1.84 bits per heavy atom. The summed E-state index contributed by atoms with van der Waals surface area (Å²) in [4.78, 5) is 18.2. The van der Waals surface area contributed by atoms with Gasteiger partial charge in [-0.15, -0.1) is 0 Å². The van der Waals surface area contributed by atoms with Crippen molar-refractivity contribution in [3.63, 3.8) is 0 Å². The Labute approximate surface area is 196 Å². The molecule has 5 nitrogen and oxygen atoms in total. The van der Waals surface area contributed by atoms with Crippen LogP contribution in [0.3, 0.4) is 0 Å². The molecular weight excluding hydrogens is 464 g/mol. The van der Waals surface area contributed by atoms with Crippen molar-refractivity contribution in [2.24, 2.45) is 5.10 Å². The fourth-order valence-corrected chi connectivity index (χ4v) is 4.59. The zero-order chi connectivity index (χ0) is 23.0. The van der Waals surface area contributed by atoms with Crippen LogP contribution >= 0.6 is 15.9 Å². The summed E-state index contributed by atoms with van der Waals surface area (Å²) in [5.74, 6) is 0.794. The molecular formula is C26H29BrN4O. The van der Waals surface area contributed by atoms with Gasteiger partial charge in [-0.25, -0.2) is 4.98 Å². The maximum atomic E-state index is 13.4. The van der Waals surface area contributed by atoms with Gasteiger partial charge in [0.1, 0.15) is 5.82 Å². The molecule has 32 heavy (non-hydrogen) atoms. The molecule has 0 radical (unpaired) electrons. The summed E-state index contributed by atoms with van der Waals surface area (Å²) < 4.78 is 4.70. The van der Waals surface area contributed by atoms with Crippen LogP contribution in [0.15, 0.2) is 56.8 Å². The Balaban J connectivity index is 1.95. The van der Waals surface area contributed by atoms with E-state index in [-0.39, 0.29) is 11.5 Å². The summed E-state index contributed by atoms with van der Waals surface area (Å²) in [5, 5.41) is 6.42. The Morgan fingerprint density at radius 3 is 2.56 bits per heavy atom. The Bertz CT molecular complexity index is 1380. The van der Waals surface area contributed by atoms with E-state index in [1.807, 2.05) is 30.5 Å². The average Bonchev–Trinajstić information content (AvgIpc) is 3.08. The molecule has 0 amide bonds. The molecule has 0 aliphatic rings. The van der Waals surface area contributed by atoms with Crippen LogP contribution in [0.1, 0.15) is 69.6 Å². The van der Waals surface area contributed by atoms with Crippen LogP contribution < -0.4 is 5.56 Å². The number of benzene rings is 2. The van der Waals surface area contributed by atoms with Gasteiger partial charge in [0.2, 0.25) is 0 Å². The highest BCUT2D eigenvalue weighted by molar-refractivity contribution is 9.10. The Kier molecular flexibility index (Phi) is 6.33. The fraction of sp³-hybridized carbons (Fsp3) is 0.346. The molecule has 4 aromatic rings. The molecule has 0 spiro atoms. The number of aromatic nitrogens is 3. The topological polar surface area (TPSA) is 52.2 Å². The van der Waals surface area contributed by atoms with Gasteiger partial charge < -0.3 is 4.57 Å². The Hall–Kier alpha value is -2.73. The molecule has 0 saturated heterocycles. The summed E-state index contributed by atoms with van der Waals surface area (Å²) in [5.41, 5.74) is 3.93. The van der Waals surface area contributed by atoms with Crippen LogP contribution in [0.5, 0.6) is 0 Å². The minimum atomic E-state index is -0.147. The first-order valence-electron chi connectivity index (χ1n) is 11.2. The van der Waals surface area contributed by atoms with Gasteiger partial charge in [0.05, 0.1) is 17.1 Å². The number of rotatable bonds is 6. The van der Waals surface area contributed by atoms with E-state index in [2.05, 4.69) is 73.3 Å². The van der Waals surface area contributed by atoms with Crippen LogP contribution in [0.2, 0.25) is 0 Å². The standard InChI is InChI=1S/C26H29BrN4O/c1-6-16(3)25-29-23-13-12-19(27)14-21(23)26(32)31(25)28-15-22-18(5)30(17(4)7-2)24-11-9-8-10-20(22)24/h8-17H,6-7H2,1-5H3/t16-,17+/m0/s1. The molecule has 2 aromatic heterocycles. The molecule has 2 atom stereocenters. The monoisotopic (exact) mass is 492 g/mol. The van der Waals surface area contributed by atoms with Crippen molar-refractivity contribution >= 4 is 44.0 Å². The van der Waals surface area contributed by atoms with E-state index < -0.39 is 0 Å². The molecule has 0 N–H and O–H groups in total. The number of fused-ring (bicyclic) bond motifs is 2. The van der Waals surface area contributed by atoms with Crippen LogP contribution in [0.25, 0.3) is 21.8 Å². The highest BCUT2D eigenvalue weighted by Crippen LogP contribution is 2.29. The van der Waals surface area contributed by atoms with E-state index in [4.69, 9.17) is 10.1 Å². The van der Waals surface area contributed by atoms with E-state index in [1.165, 1.54) is 10.2 Å². The van der Waals surface area contributed by atoms with Gasteiger partial charge in [-0.05, 0) is 51.0 Å². The third-order valence-electron chi connectivity index (χ3n) is 6.43. The average molecular weight is 493 g/mol. The normalized spacial score (nSPS) is 13.9. The second kappa shape index (κ2) is 9.02. The molecule has 0 aliphatic heterocycles. The predicted molar refractivity (Wildman–Crippen MR) is 137 cm³/mol. The maximum absolute atomic E-state index is 13.4. The van der Waals surface area contributed by atoms with Crippen molar-refractivity contribution in [3.8, 4) is 0 Å². The van der Waals surface area contributed by atoms with Gasteiger partial charge >= 0.3 is 0 Å². The van der Waals surface area contributed by atoms with Crippen molar-refractivity contribution in [2.75, 3.05) is 0 Å². The van der Waals surface area contributed by atoms with E-state index >= 15 is 0 Å². The number of hydrogen-bond donors (Lipinski definition) is 0. The molecule has 2 aromatic carbocycles. The third kappa shape index (κ3) is 3.81. The smallest absolute Gasteiger partial charge is 0.282 e. The van der Waals surface area contributed by atoms with E-state index in [9.17, 15) is 4.79 Å². The van der Waals surface area contributed by atoms with E-state index in [0.29, 0.717) is 22.8 Å². The molecule has 166 valence electrons. The lowest BCUT2D eigenvalue weighted by atomic mass is 10.1. The molecule has 4 rings (SSSR count). The molecule has 0 unspecified atom stereocenters. The first-order chi connectivity index (χ1) is 15.4. The summed E-state index contributed by atoms with van der Waals surface area (Å²) in [6, 6.07) is 14.4. The van der Waals surface area contributed by atoms with Crippen molar-refractivity contribution in [1.82, 2.24) is 14.2 Å². The molecule has 0 saturated carbocycles. The lowest BCUT2D eigenvalue weighted by Crippen LogP contribution is -2.23. The number of para-hydroxylation sites is 1. The first-order valence-corrected chi connectivity index (χ1v) is 12.0. The lowest BCUT2D eigenvalue weighted by Gasteiger charge is -2.15. The van der Waals surface area contributed by atoms with Gasteiger partial charge in [-0.3, -0.25) is 4.79 Å². The zero-order valence-corrected chi connectivity index (χ0v) is 20.8. The SMILES string of the molecule is CC[C@@H](C)n1c(C)c(C=Nn2c([C@@H](C)CC)nc3ccc(Br)cc3c2=O)c2ccccc21. The highest BCUT2D eigenvalue weighted by Gasteiger charge is 2.18. The van der Waals surface area contributed by atoms with Gasteiger partial charge in [0, 0.05) is 38.6 Å². The van der Waals surface area contributed by atoms with E-state index in [1.54, 1.807) is 0 Å². The molecule has 0 bridgehead atoms. The minimum Gasteiger partial charge on any atom is -0.341 e. The minimum absolute atomic E-state index is 0.107. The predicted octanol–water partition coefficient (Wildman–Crippen LogP) is 6.79. The third-order valence-corrected chi connectivity index (χ3v) is 6.92. The largest absolute Gasteiger partial charge is 0.341 e. The van der Waals surface area contributed by atoms with Gasteiger partial charge in [0.25, 0.3) is 5.56 Å². The summed E-state index contributed by atoms with van der Waals surface area (Å²) in [7, 11) is 0. The van der Waals surface area contributed by atoms with Crippen LogP contribution in [-0.2, 0) is 0 Å². The molecule has 0 aliphatic carbocycles. The first kappa shape index (κ1) is 22.5. The van der Waals surface area contributed by atoms with Gasteiger partial charge in [-0.1, -0.05) is 54.9 Å². The molecule has 6 heteroatoms. The zero-order valence-electron chi connectivity index (χ0n) is 19.3. The summed E-state index contributed by atoms with van der Waals surface area (Å²) in [6.07, 6.45) is 3.74. The maximum Gasteiger partial charge on any atom is 0.282 e. The van der Waals surface area contributed by atoms with Gasteiger partial charge in [0.15, 0.2) is 0 Å². The van der Waals surface area contributed by atoms with Crippen molar-refractivity contribution in [1.29, 1.82) is 0 Å². The van der Waals surface area contributed by atoms with Crippen molar-refractivity contribution in [2.45, 2.75) is 59.4 Å².